The van der Waals surface area contributed by atoms with Gasteiger partial charge < -0.3 is 16.2 Å². The standard InChI is InChI=1S/C22H19F3N6O2/c1-11-8-15(29-21(33)19(32)13-4-3-5-14(9-13)22(23,24)25)6-7-16(11)31-18-17(12(2)30-31)27-10-28-20(18)26/h3-10,19,32H,1-2H3,(H,29,33)(H2,26,27,28)/t19-/m1/s1. The molecule has 1 amide bonds. The van der Waals surface area contributed by atoms with E-state index in [1.807, 2.05) is 0 Å². The lowest BCUT2D eigenvalue weighted by molar-refractivity contribution is -0.138. The third-order valence-electron chi connectivity index (χ3n) is 5.13. The van der Waals surface area contributed by atoms with Crippen LogP contribution in [0.2, 0.25) is 0 Å². The number of amides is 1. The number of hydrogen-bond donors (Lipinski definition) is 3. The SMILES string of the molecule is Cc1cc(NC(=O)[C@H](O)c2cccc(C(F)(F)F)c2)ccc1-n1nc(C)c2ncnc(N)c21. The predicted octanol–water partition coefficient (Wildman–Crippen LogP) is 3.71. The molecule has 0 fully saturated rings. The quantitative estimate of drug-likeness (QED) is 0.431. The minimum atomic E-state index is -4.58. The van der Waals surface area contributed by atoms with Gasteiger partial charge >= 0.3 is 6.18 Å². The van der Waals surface area contributed by atoms with Crippen molar-refractivity contribution in [2.45, 2.75) is 26.1 Å². The first-order valence-electron chi connectivity index (χ1n) is 9.79. The number of fused-ring (bicyclic) bond motifs is 1. The summed E-state index contributed by atoms with van der Waals surface area (Å²) >= 11 is 0. The summed E-state index contributed by atoms with van der Waals surface area (Å²) < 4.78 is 40.4. The van der Waals surface area contributed by atoms with Crippen LogP contribution >= 0.6 is 0 Å². The number of carbonyl (C=O) groups is 1. The molecule has 4 aromatic rings. The molecule has 4 N–H and O–H groups in total. The zero-order valence-corrected chi connectivity index (χ0v) is 17.6. The highest BCUT2D eigenvalue weighted by Gasteiger charge is 2.31. The Hall–Kier alpha value is -3.99. The number of nitrogens with one attached hydrogen (secondary N) is 1. The lowest BCUT2D eigenvalue weighted by atomic mass is 10.0. The first-order valence-corrected chi connectivity index (χ1v) is 9.79. The number of rotatable bonds is 4. The number of carbonyl (C=O) groups excluding carboxylic acids is 1. The maximum absolute atomic E-state index is 12.9. The molecule has 8 nitrogen and oxygen atoms in total. The molecule has 170 valence electrons. The molecule has 2 aromatic heterocycles. The Morgan fingerprint density at radius 1 is 1.15 bits per heavy atom. The number of aliphatic hydroxyl groups is 1. The Morgan fingerprint density at radius 2 is 1.91 bits per heavy atom. The molecule has 0 aliphatic carbocycles. The summed E-state index contributed by atoms with van der Waals surface area (Å²) in [5, 5.41) is 17.3. The number of hydrogen-bond acceptors (Lipinski definition) is 6. The second kappa shape index (κ2) is 8.17. The third kappa shape index (κ3) is 4.22. The molecule has 0 unspecified atom stereocenters. The van der Waals surface area contributed by atoms with Crippen LogP contribution in [-0.4, -0.2) is 30.8 Å². The van der Waals surface area contributed by atoms with Gasteiger partial charge in [0.25, 0.3) is 5.91 Å². The van der Waals surface area contributed by atoms with Gasteiger partial charge in [0.05, 0.1) is 16.9 Å². The van der Waals surface area contributed by atoms with E-state index in [2.05, 4.69) is 20.4 Å². The fourth-order valence-electron chi connectivity index (χ4n) is 3.51. The molecule has 0 bridgehead atoms. The molecular weight excluding hydrogens is 437 g/mol. The van der Waals surface area contributed by atoms with Crippen LogP contribution < -0.4 is 11.1 Å². The van der Waals surface area contributed by atoms with Gasteiger partial charge in [-0.25, -0.2) is 14.6 Å². The summed E-state index contributed by atoms with van der Waals surface area (Å²) in [5.74, 6) is -0.596. The van der Waals surface area contributed by atoms with E-state index in [4.69, 9.17) is 5.73 Å². The fraction of sp³-hybridized carbons (Fsp3) is 0.182. The molecular formula is C22H19F3N6O2. The highest BCUT2D eigenvalue weighted by atomic mass is 19.4. The van der Waals surface area contributed by atoms with Gasteiger partial charge in [-0.1, -0.05) is 12.1 Å². The second-order valence-electron chi connectivity index (χ2n) is 7.47. The van der Waals surface area contributed by atoms with Crippen molar-refractivity contribution in [2.75, 3.05) is 11.1 Å². The topological polar surface area (TPSA) is 119 Å². The molecule has 0 radical (unpaired) electrons. The van der Waals surface area contributed by atoms with Crippen LogP contribution in [0.5, 0.6) is 0 Å². The Morgan fingerprint density at radius 3 is 2.61 bits per heavy atom. The van der Waals surface area contributed by atoms with Gasteiger partial charge in [0, 0.05) is 5.69 Å². The lowest BCUT2D eigenvalue weighted by Crippen LogP contribution is -2.21. The van der Waals surface area contributed by atoms with E-state index in [1.54, 1.807) is 36.7 Å². The highest BCUT2D eigenvalue weighted by molar-refractivity contribution is 5.95. The van der Waals surface area contributed by atoms with Gasteiger partial charge in [0.2, 0.25) is 0 Å². The maximum atomic E-state index is 12.9. The molecule has 33 heavy (non-hydrogen) atoms. The maximum Gasteiger partial charge on any atom is 0.416 e. The number of nitrogens with zero attached hydrogens (tertiary/aromatic N) is 4. The van der Waals surface area contributed by atoms with E-state index in [0.717, 1.165) is 18.2 Å². The van der Waals surface area contributed by atoms with Gasteiger partial charge in [-0.3, -0.25) is 4.79 Å². The van der Waals surface area contributed by atoms with Crippen molar-refractivity contribution in [2.24, 2.45) is 0 Å². The van der Waals surface area contributed by atoms with E-state index in [1.165, 1.54) is 12.4 Å². The summed E-state index contributed by atoms with van der Waals surface area (Å²) in [4.78, 5) is 20.7. The third-order valence-corrected chi connectivity index (χ3v) is 5.13. The van der Waals surface area contributed by atoms with Crippen molar-refractivity contribution in [3.8, 4) is 5.69 Å². The number of benzene rings is 2. The molecule has 1 atom stereocenters. The van der Waals surface area contributed by atoms with Crippen LogP contribution in [0.4, 0.5) is 24.7 Å². The molecule has 11 heteroatoms. The summed E-state index contributed by atoms with van der Waals surface area (Å²) in [5.41, 5.74) is 8.48. The molecule has 0 spiro atoms. The zero-order chi connectivity index (χ0) is 23.9. The van der Waals surface area contributed by atoms with Crippen LogP contribution in [-0.2, 0) is 11.0 Å². The van der Waals surface area contributed by atoms with E-state index >= 15 is 0 Å². The zero-order valence-electron chi connectivity index (χ0n) is 17.6. The van der Waals surface area contributed by atoms with Gasteiger partial charge in [-0.15, -0.1) is 0 Å². The second-order valence-corrected chi connectivity index (χ2v) is 7.47. The van der Waals surface area contributed by atoms with Crippen molar-refractivity contribution in [3.05, 3.63) is 71.2 Å². The lowest BCUT2D eigenvalue weighted by Gasteiger charge is -2.15. The average Bonchev–Trinajstić information content (AvgIpc) is 3.10. The van der Waals surface area contributed by atoms with Gasteiger partial charge in [-0.2, -0.15) is 18.3 Å². The average molecular weight is 456 g/mol. The minimum Gasteiger partial charge on any atom is -0.382 e. The molecule has 4 rings (SSSR count). The number of halogens is 3. The van der Waals surface area contributed by atoms with Crippen LogP contribution in [0.25, 0.3) is 16.7 Å². The Kier molecular flexibility index (Phi) is 5.50. The first kappa shape index (κ1) is 22.2. The number of aromatic nitrogens is 4. The molecule has 0 aliphatic rings. The molecule has 0 aliphatic heterocycles. The monoisotopic (exact) mass is 456 g/mol. The minimum absolute atomic E-state index is 0.162. The smallest absolute Gasteiger partial charge is 0.382 e. The van der Waals surface area contributed by atoms with E-state index in [9.17, 15) is 23.1 Å². The summed E-state index contributed by atoms with van der Waals surface area (Å²) in [6.07, 6.45) is -5.00. The highest BCUT2D eigenvalue weighted by Crippen LogP contribution is 2.31. The number of anilines is 2. The number of nitrogen functional groups attached to an aromatic ring is 1. The van der Waals surface area contributed by atoms with Crippen molar-refractivity contribution in [1.29, 1.82) is 0 Å². The first-order chi connectivity index (χ1) is 15.6. The van der Waals surface area contributed by atoms with Gasteiger partial charge in [0.15, 0.2) is 11.9 Å². The van der Waals surface area contributed by atoms with Crippen LogP contribution in [0.1, 0.15) is 28.5 Å². The summed E-state index contributed by atoms with van der Waals surface area (Å²) in [6.45, 7) is 3.58. The Balaban J connectivity index is 1.59. The van der Waals surface area contributed by atoms with E-state index < -0.39 is 23.8 Å². The van der Waals surface area contributed by atoms with Gasteiger partial charge in [-0.05, 0) is 55.3 Å². The Bertz CT molecular complexity index is 1370. The number of aryl methyl sites for hydroxylation is 2. The number of alkyl halides is 3. The molecule has 0 saturated carbocycles. The summed E-state index contributed by atoms with van der Waals surface area (Å²) in [6, 6.07) is 8.94. The largest absolute Gasteiger partial charge is 0.416 e. The Labute approximate surface area is 185 Å². The summed E-state index contributed by atoms with van der Waals surface area (Å²) in [7, 11) is 0. The number of nitrogens with two attached hydrogens (primary N) is 1. The van der Waals surface area contributed by atoms with Crippen molar-refractivity contribution in [1.82, 2.24) is 19.7 Å². The molecule has 2 heterocycles. The van der Waals surface area contributed by atoms with E-state index in [-0.39, 0.29) is 11.4 Å². The van der Waals surface area contributed by atoms with Crippen LogP contribution in [0, 0.1) is 13.8 Å². The number of aliphatic hydroxyl groups excluding tert-OH is 1. The normalized spacial score (nSPS) is 12.7. The van der Waals surface area contributed by atoms with Crippen LogP contribution in [0.15, 0.2) is 48.8 Å². The van der Waals surface area contributed by atoms with Gasteiger partial charge in [0.1, 0.15) is 17.4 Å². The molecule has 2 aromatic carbocycles. The van der Waals surface area contributed by atoms with Crippen molar-refractivity contribution in [3.63, 3.8) is 0 Å². The fourth-order valence-corrected chi connectivity index (χ4v) is 3.51. The molecule has 0 saturated heterocycles. The van der Waals surface area contributed by atoms with Crippen molar-refractivity contribution >= 4 is 28.4 Å². The van der Waals surface area contributed by atoms with E-state index in [0.29, 0.717) is 33.7 Å². The van der Waals surface area contributed by atoms with Crippen LogP contribution in [0.3, 0.4) is 0 Å². The van der Waals surface area contributed by atoms with Crippen molar-refractivity contribution < 1.29 is 23.1 Å². The predicted molar refractivity (Wildman–Crippen MR) is 116 cm³/mol.